The quantitative estimate of drug-likeness (QED) is 0.502. The molecule has 1 aromatic carbocycles. The third kappa shape index (κ3) is 4.42. The average Bonchev–Trinajstić information content (AvgIpc) is 3.39. The smallest absolute Gasteiger partial charge is 0.296 e. The predicted octanol–water partition coefficient (Wildman–Crippen LogP) is 3.89. The summed E-state index contributed by atoms with van der Waals surface area (Å²) in [6.45, 7) is 2.36. The number of fused-ring (bicyclic) bond motifs is 2. The van der Waals surface area contributed by atoms with Gasteiger partial charge < -0.3 is 19.2 Å². The Morgan fingerprint density at radius 3 is 2.57 bits per heavy atom. The van der Waals surface area contributed by atoms with E-state index in [2.05, 4.69) is 22.1 Å². The van der Waals surface area contributed by atoms with Crippen LogP contribution in [0.4, 0.5) is 0 Å². The number of halogens is 1. The van der Waals surface area contributed by atoms with Crippen LogP contribution in [0.2, 0.25) is 5.02 Å². The fourth-order valence-electron chi connectivity index (χ4n) is 5.76. The molecule has 0 amide bonds. The first-order valence-electron chi connectivity index (χ1n) is 13.0. The third-order valence-corrected chi connectivity index (χ3v) is 10.7. The number of nitrogens with zero attached hydrogens (tertiary/aromatic N) is 3. The van der Waals surface area contributed by atoms with Gasteiger partial charge in [0.15, 0.2) is 11.8 Å². The molecule has 2 aromatic heterocycles. The molecule has 1 N–H and O–H groups in total. The Morgan fingerprint density at radius 2 is 1.81 bits per heavy atom. The van der Waals surface area contributed by atoms with Gasteiger partial charge >= 0.3 is 0 Å². The molecule has 0 spiro atoms. The average molecular weight is 545 g/mol. The number of aromatic amines is 1. The summed E-state index contributed by atoms with van der Waals surface area (Å²) in [5.41, 5.74) is 4.02. The highest BCUT2D eigenvalue weighted by atomic mass is 35.5. The van der Waals surface area contributed by atoms with Crippen molar-refractivity contribution in [3.63, 3.8) is 0 Å². The molecule has 4 fully saturated rings. The number of rotatable bonds is 6. The van der Waals surface area contributed by atoms with Crippen LogP contribution in [0, 0.1) is 0 Å². The van der Waals surface area contributed by atoms with Crippen LogP contribution in [0.5, 0.6) is 6.01 Å². The second-order valence-electron chi connectivity index (χ2n) is 10.4. The molecule has 3 unspecified atom stereocenters. The Hall–Kier alpha value is -2.24. The van der Waals surface area contributed by atoms with Crippen LogP contribution < -0.4 is 4.74 Å². The summed E-state index contributed by atoms with van der Waals surface area (Å²) < 4.78 is 44.3. The van der Waals surface area contributed by atoms with E-state index in [1.807, 2.05) is 18.2 Å². The Balaban J connectivity index is 1.05. The molecular formula is C26H29ClN4O5S. The number of nitrogens with one attached hydrogen (secondary N) is 1. The minimum atomic E-state index is -3.09. The van der Waals surface area contributed by atoms with Crippen molar-refractivity contribution in [3.8, 4) is 17.3 Å². The van der Waals surface area contributed by atoms with Gasteiger partial charge in [-0.1, -0.05) is 35.9 Å². The molecule has 1 aliphatic carbocycles. The molecule has 37 heavy (non-hydrogen) atoms. The van der Waals surface area contributed by atoms with E-state index in [4.69, 9.17) is 30.8 Å². The molecule has 4 aliphatic rings. The number of piperidine rings is 1. The summed E-state index contributed by atoms with van der Waals surface area (Å²) in [5, 5.41) is 0.387. The zero-order valence-electron chi connectivity index (χ0n) is 20.3. The highest BCUT2D eigenvalue weighted by Gasteiger charge is 2.44. The topological polar surface area (TPSA) is 107 Å². The number of sulfonamides is 1. The second kappa shape index (κ2) is 9.20. The van der Waals surface area contributed by atoms with Crippen LogP contribution in [0.15, 0.2) is 30.3 Å². The van der Waals surface area contributed by atoms with Gasteiger partial charge in [-0.25, -0.2) is 17.7 Å². The van der Waals surface area contributed by atoms with E-state index in [-0.39, 0.29) is 23.6 Å². The van der Waals surface area contributed by atoms with Crippen molar-refractivity contribution < 1.29 is 22.6 Å². The number of pyridine rings is 1. The minimum absolute atomic E-state index is 0.0614. The summed E-state index contributed by atoms with van der Waals surface area (Å²) in [4.78, 5) is 12.4. The monoisotopic (exact) mass is 544 g/mol. The van der Waals surface area contributed by atoms with Crippen molar-refractivity contribution in [3.05, 3.63) is 40.9 Å². The van der Waals surface area contributed by atoms with Gasteiger partial charge in [0.2, 0.25) is 10.0 Å². The standard InChI is InChI=1S/C26H29ClN4O5S/c27-19-13-20-25(30-26(28-20)36-22-14-35-21-9-12-34-24(21)22)29-23(19)17-3-1-15(2-4-17)16-7-10-31(11-8-16)37(32,33)18-5-6-18/h1-4,13,16,18,21-22,24H,5-12,14H2,(H,28,29,30). The van der Waals surface area contributed by atoms with Crippen LogP contribution in [0.3, 0.4) is 0 Å². The molecule has 1 saturated carbocycles. The number of ether oxygens (including phenoxy) is 3. The molecule has 0 bridgehead atoms. The number of H-pyrrole nitrogens is 1. The zero-order chi connectivity index (χ0) is 25.1. The van der Waals surface area contributed by atoms with Crippen LogP contribution in [0.1, 0.15) is 43.6 Å². The van der Waals surface area contributed by atoms with Gasteiger partial charge in [-0.05, 0) is 49.7 Å². The Kier molecular flexibility index (Phi) is 5.93. The van der Waals surface area contributed by atoms with Gasteiger partial charge in [0, 0.05) is 25.3 Å². The molecule has 11 heteroatoms. The first kappa shape index (κ1) is 23.8. The van der Waals surface area contributed by atoms with Gasteiger partial charge in [-0.3, -0.25) is 0 Å². The Bertz CT molecular complexity index is 1420. The third-order valence-electron chi connectivity index (χ3n) is 8.00. The normalized spacial score (nSPS) is 27.1. The number of aromatic nitrogens is 3. The summed E-state index contributed by atoms with van der Waals surface area (Å²) in [6.07, 6.45) is 4.03. The van der Waals surface area contributed by atoms with E-state index < -0.39 is 10.0 Å². The van der Waals surface area contributed by atoms with E-state index in [1.54, 1.807) is 4.31 Å². The minimum Gasteiger partial charge on any atom is -0.456 e. The largest absolute Gasteiger partial charge is 0.456 e. The summed E-state index contributed by atoms with van der Waals surface area (Å²) in [5.74, 6) is 0.347. The van der Waals surface area contributed by atoms with Crippen molar-refractivity contribution in [2.75, 3.05) is 26.3 Å². The maximum Gasteiger partial charge on any atom is 0.296 e. The number of benzene rings is 1. The van der Waals surface area contributed by atoms with E-state index >= 15 is 0 Å². The first-order chi connectivity index (χ1) is 18.0. The van der Waals surface area contributed by atoms with Crippen molar-refractivity contribution in [2.24, 2.45) is 0 Å². The van der Waals surface area contributed by atoms with E-state index in [1.165, 1.54) is 5.56 Å². The molecule has 196 valence electrons. The molecule has 3 aromatic rings. The highest BCUT2D eigenvalue weighted by molar-refractivity contribution is 7.90. The van der Waals surface area contributed by atoms with E-state index in [0.29, 0.717) is 60.1 Å². The Labute approximate surface area is 220 Å². The summed E-state index contributed by atoms with van der Waals surface area (Å²) in [7, 11) is -3.09. The Morgan fingerprint density at radius 1 is 1.03 bits per heavy atom. The molecule has 9 nitrogen and oxygen atoms in total. The van der Waals surface area contributed by atoms with Crippen molar-refractivity contribution in [1.82, 2.24) is 19.3 Å². The fraction of sp³-hybridized carbons (Fsp3) is 0.538. The van der Waals surface area contributed by atoms with Gasteiger partial charge in [-0.15, -0.1) is 0 Å². The van der Waals surface area contributed by atoms with Crippen molar-refractivity contribution in [2.45, 2.75) is 61.6 Å². The predicted molar refractivity (Wildman–Crippen MR) is 138 cm³/mol. The van der Waals surface area contributed by atoms with Crippen LogP contribution in [-0.2, 0) is 19.5 Å². The van der Waals surface area contributed by atoms with E-state index in [0.717, 1.165) is 37.7 Å². The van der Waals surface area contributed by atoms with Crippen LogP contribution >= 0.6 is 11.6 Å². The lowest BCUT2D eigenvalue weighted by molar-refractivity contribution is 0.0273. The maximum atomic E-state index is 12.5. The molecule has 3 atom stereocenters. The molecule has 3 aliphatic heterocycles. The van der Waals surface area contributed by atoms with Gasteiger partial charge in [0.1, 0.15) is 6.10 Å². The molecule has 0 radical (unpaired) electrons. The lowest BCUT2D eigenvalue weighted by atomic mass is 9.89. The van der Waals surface area contributed by atoms with Gasteiger partial charge in [-0.2, -0.15) is 4.98 Å². The molecular weight excluding hydrogens is 516 g/mol. The van der Waals surface area contributed by atoms with Crippen LogP contribution in [-0.4, -0.2) is 77.5 Å². The number of imidazole rings is 1. The van der Waals surface area contributed by atoms with Crippen molar-refractivity contribution >= 4 is 32.8 Å². The number of hydrogen-bond acceptors (Lipinski definition) is 7. The molecule has 5 heterocycles. The SMILES string of the molecule is O=S(=O)(C1CC1)N1CCC(c2ccc(-c3nc4nc(OC5COC6CCOC65)[nH]c4cc3Cl)cc2)CC1. The zero-order valence-corrected chi connectivity index (χ0v) is 21.9. The second-order valence-corrected chi connectivity index (χ2v) is 13.0. The maximum absolute atomic E-state index is 12.5. The summed E-state index contributed by atoms with van der Waals surface area (Å²) >= 11 is 6.61. The first-order valence-corrected chi connectivity index (χ1v) is 14.9. The van der Waals surface area contributed by atoms with Gasteiger partial charge in [0.25, 0.3) is 6.01 Å². The lowest BCUT2D eigenvalue weighted by Crippen LogP contribution is -2.39. The highest BCUT2D eigenvalue weighted by Crippen LogP contribution is 2.37. The van der Waals surface area contributed by atoms with Crippen LogP contribution in [0.25, 0.3) is 22.4 Å². The molecule has 3 saturated heterocycles. The van der Waals surface area contributed by atoms with Gasteiger partial charge in [0.05, 0.1) is 34.2 Å². The van der Waals surface area contributed by atoms with Crippen molar-refractivity contribution in [1.29, 1.82) is 0 Å². The lowest BCUT2D eigenvalue weighted by Gasteiger charge is -2.31. The summed E-state index contributed by atoms with van der Waals surface area (Å²) in [6, 6.07) is 10.5. The fourth-order valence-corrected chi connectivity index (χ4v) is 7.90. The molecule has 7 rings (SSSR count). The van der Waals surface area contributed by atoms with E-state index in [9.17, 15) is 8.42 Å². The number of hydrogen-bond donors (Lipinski definition) is 1.